The van der Waals surface area contributed by atoms with Gasteiger partial charge in [0.25, 0.3) is 0 Å². The Morgan fingerprint density at radius 1 is 0.885 bits per heavy atom. The van der Waals surface area contributed by atoms with Gasteiger partial charge < -0.3 is 4.90 Å². The topological polar surface area (TPSA) is 20.3 Å². The number of unbranched alkanes of at least 4 members (excludes halogenated alkanes) is 6. The molecule has 0 atom stereocenters. The van der Waals surface area contributed by atoms with E-state index in [1.165, 1.54) is 66.1 Å². The first-order chi connectivity index (χ1) is 12.7. The number of benzene rings is 2. The monoisotopic (exact) mass is 367 g/mol. The summed E-state index contributed by atoms with van der Waals surface area (Å²) in [5.74, 6) is 0.130. The molecular formula is C23H29NOS. The van der Waals surface area contributed by atoms with E-state index in [0.717, 1.165) is 12.1 Å². The van der Waals surface area contributed by atoms with Crippen LogP contribution in [0.25, 0.3) is 0 Å². The lowest BCUT2D eigenvalue weighted by atomic mass is 10.1. The van der Waals surface area contributed by atoms with E-state index in [9.17, 15) is 4.79 Å². The van der Waals surface area contributed by atoms with Gasteiger partial charge in [-0.25, -0.2) is 0 Å². The Labute approximate surface area is 162 Å². The number of hydrogen-bond acceptors (Lipinski definition) is 3. The van der Waals surface area contributed by atoms with E-state index in [1.807, 2.05) is 6.07 Å². The molecule has 3 rings (SSSR count). The number of carbonyl (C=O) groups is 1. The molecule has 1 heterocycles. The van der Waals surface area contributed by atoms with Crippen LogP contribution in [0.3, 0.4) is 0 Å². The molecule has 0 radical (unpaired) electrons. The van der Waals surface area contributed by atoms with Gasteiger partial charge in [-0.15, -0.1) is 0 Å². The normalized spacial score (nSPS) is 12.6. The molecule has 0 unspecified atom stereocenters. The summed E-state index contributed by atoms with van der Waals surface area (Å²) in [5.41, 5.74) is 3.34. The predicted molar refractivity (Wildman–Crippen MR) is 112 cm³/mol. The summed E-state index contributed by atoms with van der Waals surface area (Å²) in [7, 11) is 0. The van der Waals surface area contributed by atoms with Gasteiger partial charge in [-0.1, -0.05) is 69.3 Å². The van der Waals surface area contributed by atoms with E-state index in [4.69, 9.17) is 0 Å². The molecule has 3 heteroatoms. The summed E-state index contributed by atoms with van der Waals surface area (Å²) in [6.45, 7) is 4.94. The van der Waals surface area contributed by atoms with E-state index in [-0.39, 0.29) is 5.78 Å². The molecule has 0 amide bonds. The number of ketones is 1. The van der Waals surface area contributed by atoms with Crippen molar-refractivity contribution in [3.8, 4) is 0 Å². The van der Waals surface area contributed by atoms with Crippen LogP contribution < -0.4 is 4.90 Å². The van der Waals surface area contributed by atoms with Crippen LogP contribution in [-0.4, -0.2) is 12.3 Å². The lowest BCUT2D eigenvalue weighted by molar-refractivity contribution is 0.101. The fourth-order valence-electron chi connectivity index (χ4n) is 3.52. The van der Waals surface area contributed by atoms with Crippen molar-refractivity contribution in [2.75, 3.05) is 11.4 Å². The molecule has 2 nitrogen and oxygen atoms in total. The zero-order valence-corrected chi connectivity index (χ0v) is 16.8. The fraction of sp³-hybridized carbons (Fsp3) is 0.435. The average molecular weight is 368 g/mol. The minimum atomic E-state index is 0.130. The van der Waals surface area contributed by atoms with Gasteiger partial charge in [0.1, 0.15) is 0 Å². The SMILES string of the molecule is CCCCCCCCCN1c2ccccc2Sc2cc(C(C)=O)ccc21. The van der Waals surface area contributed by atoms with Crippen LogP contribution in [0.1, 0.15) is 69.2 Å². The van der Waals surface area contributed by atoms with Crippen molar-refractivity contribution in [2.24, 2.45) is 0 Å². The Kier molecular flexibility index (Phi) is 6.79. The van der Waals surface area contributed by atoms with Crippen LogP contribution in [0.4, 0.5) is 11.4 Å². The van der Waals surface area contributed by atoms with Gasteiger partial charge in [-0.3, -0.25) is 4.79 Å². The Bertz CT molecular complexity index is 756. The third-order valence-electron chi connectivity index (χ3n) is 5.02. The number of para-hydroxylation sites is 1. The number of carbonyl (C=O) groups excluding carboxylic acids is 1. The molecule has 0 fully saturated rings. The smallest absolute Gasteiger partial charge is 0.159 e. The highest BCUT2D eigenvalue weighted by molar-refractivity contribution is 7.99. The second-order valence-corrected chi connectivity index (χ2v) is 8.17. The number of rotatable bonds is 9. The molecule has 0 bridgehead atoms. The molecule has 0 saturated heterocycles. The summed E-state index contributed by atoms with van der Waals surface area (Å²) >= 11 is 1.78. The highest BCUT2D eigenvalue weighted by Gasteiger charge is 2.23. The lowest BCUT2D eigenvalue weighted by Gasteiger charge is -2.33. The maximum Gasteiger partial charge on any atom is 0.159 e. The molecule has 26 heavy (non-hydrogen) atoms. The second kappa shape index (κ2) is 9.27. The van der Waals surface area contributed by atoms with Gasteiger partial charge in [0, 0.05) is 21.9 Å². The first kappa shape index (κ1) is 19.0. The fourth-order valence-corrected chi connectivity index (χ4v) is 4.66. The summed E-state index contributed by atoms with van der Waals surface area (Å²) in [6, 6.07) is 14.7. The number of Topliss-reactive ketones (excluding diaryl/α,β-unsaturated/α-hetero) is 1. The van der Waals surface area contributed by atoms with Gasteiger partial charge in [0.15, 0.2) is 5.78 Å². The predicted octanol–water partition coefficient (Wildman–Crippen LogP) is 7.24. The molecule has 138 valence electrons. The van der Waals surface area contributed by atoms with E-state index in [1.54, 1.807) is 18.7 Å². The maximum atomic E-state index is 11.8. The number of hydrogen-bond donors (Lipinski definition) is 0. The van der Waals surface area contributed by atoms with Gasteiger partial charge in [0.2, 0.25) is 0 Å². The Morgan fingerprint density at radius 2 is 1.58 bits per heavy atom. The van der Waals surface area contributed by atoms with Crippen LogP contribution >= 0.6 is 11.8 Å². The molecule has 0 aromatic heterocycles. The van der Waals surface area contributed by atoms with Crippen molar-refractivity contribution in [2.45, 2.75) is 68.6 Å². The van der Waals surface area contributed by atoms with Crippen molar-refractivity contribution >= 4 is 28.9 Å². The lowest BCUT2D eigenvalue weighted by Crippen LogP contribution is -2.22. The zero-order chi connectivity index (χ0) is 18.4. The number of nitrogens with zero attached hydrogens (tertiary/aromatic N) is 1. The van der Waals surface area contributed by atoms with E-state index >= 15 is 0 Å². The summed E-state index contributed by atoms with van der Waals surface area (Å²) in [5, 5.41) is 0. The third kappa shape index (κ3) is 4.50. The van der Waals surface area contributed by atoms with Gasteiger partial charge in [0.05, 0.1) is 11.4 Å². The number of fused-ring (bicyclic) bond motifs is 2. The number of anilines is 2. The van der Waals surface area contributed by atoms with Crippen LogP contribution in [0, 0.1) is 0 Å². The summed E-state index contributed by atoms with van der Waals surface area (Å²) in [6.07, 6.45) is 9.23. The van der Waals surface area contributed by atoms with E-state index in [2.05, 4.69) is 48.2 Å². The molecule has 0 N–H and O–H groups in total. The molecule has 2 aromatic rings. The van der Waals surface area contributed by atoms with Gasteiger partial charge >= 0.3 is 0 Å². The molecular weight excluding hydrogens is 338 g/mol. The van der Waals surface area contributed by atoms with Crippen molar-refractivity contribution in [3.63, 3.8) is 0 Å². The third-order valence-corrected chi connectivity index (χ3v) is 6.13. The summed E-state index contributed by atoms with van der Waals surface area (Å²) in [4.78, 5) is 16.7. The summed E-state index contributed by atoms with van der Waals surface area (Å²) < 4.78 is 0. The molecule has 2 aromatic carbocycles. The maximum absolute atomic E-state index is 11.8. The Balaban J connectivity index is 1.71. The minimum Gasteiger partial charge on any atom is -0.340 e. The Morgan fingerprint density at radius 3 is 2.35 bits per heavy atom. The van der Waals surface area contributed by atoms with Crippen molar-refractivity contribution in [3.05, 3.63) is 48.0 Å². The highest BCUT2D eigenvalue weighted by Crippen LogP contribution is 2.48. The zero-order valence-electron chi connectivity index (χ0n) is 16.0. The quantitative estimate of drug-likeness (QED) is 0.344. The molecule has 0 saturated carbocycles. The second-order valence-electron chi connectivity index (χ2n) is 7.08. The van der Waals surface area contributed by atoms with Gasteiger partial charge in [-0.2, -0.15) is 0 Å². The van der Waals surface area contributed by atoms with Crippen molar-refractivity contribution in [1.82, 2.24) is 0 Å². The van der Waals surface area contributed by atoms with E-state index < -0.39 is 0 Å². The van der Waals surface area contributed by atoms with Crippen molar-refractivity contribution < 1.29 is 4.79 Å². The van der Waals surface area contributed by atoms with Crippen LogP contribution in [0.15, 0.2) is 52.3 Å². The first-order valence-corrected chi connectivity index (χ1v) is 10.7. The highest BCUT2D eigenvalue weighted by atomic mass is 32.2. The average Bonchev–Trinajstić information content (AvgIpc) is 2.66. The molecule has 0 spiro atoms. The van der Waals surface area contributed by atoms with Crippen LogP contribution in [-0.2, 0) is 0 Å². The van der Waals surface area contributed by atoms with Crippen LogP contribution in [0.2, 0.25) is 0 Å². The van der Waals surface area contributed by atoms with Crippen LogP contribution in [0.5, 0.6) is 0 Å². The molecule has 1 aliphatic heterocycles. The van der Waals surface area contributed by atoms with Gasteiger partial charge in [-0.05, 0) is 43.7 Å². The molecule has 0 aliphatic carbocycles. The molecule has 1 aliphatic rings. The standard InChI is InChI=1S/C23H29NOS/c1-3-4-5-6-7-8-11-16-24-20-12-9-10-13-22(20)26-23-17-19(18(2)25)14-15-21(23)24/h9-10,12-15,17H,3-8,11,16H2,1-2H3. The minimum absolute atomic E-state index is 0.130. The Hall–Kier alpha value is -1.74. The van der Waals surface area contributed by atoms with E-state index in [0.29, 0.717) is 0 Å². The first-order valence-electron chi connectivity index (χ1n) is 9.90. The van der Waals surface area contributed by atoms with Crippen molar-refractivity contribution in [1.29, 1.82) is 0 Å². The largest absolute Gasteiger partial charge is 0.340 e.